The lowest BCUT2D eigenvalue weighted by atomic mass is 10.1. The van der Waals surface area contributed by atoms with Gasteiger partial charge >= 0.3 is 0 Å². The zero-order valence-electron chi connectivity index (χ0n) is 10.8. The van der Waals surface area contributed by atoms with Crippen LogP contribution in [0.15, 0.2) is 53.6 Å². The van der Waals surface area contributed by atoms with Crippen molar-refractivity contribution in [2.45, 2.75) is 6.92 Å². The SMILES string of the molecule is C/C(=N\NC(=O)c1ccc(Cl)cc1)c1ccc(O)cc1. The molecule has 0 saturated heterocycles. The maximum atomic E-state index is 11.8. The summed E-state index contributed by atoms with van der Waals surface area (Å²) in [5, 5.41) is 13.8. The van der Waals surface area contributed by atoms with Gasteiger partial charge in [0.15, 0.2) is 0 Å². The third-order valence-corrected chi connectivity index (χ3v) is 2.97. The summed E-state index contributed by atoms with van der Waals surface area (Å²) in [6, 6.07) is 13.1. The Hall–Kier alpha value is -2.33. The molecule has 0 aliphatic rings. The Bertz CT molecular complexity index is 634. The van der Waals surface area contributed by atoms with Gasteiger partial charge in [0.25, 0.3) is 5.91 Å². The van der Waals surface area contributed by atoms with Crippen molar-refractivity contribution in [1.82, 2.24) is 5.43 Å². The molecule has 0 saturated carbocycles. The highest BCUT2D eigenvalue weighted by Crippen LogP contribution is 2.11. The van der Waals surface area contributed by atoms with E-state index < -0.39 is 0 Å². The molecule has 0 aliphatic heterocycles. The van der Waals surface area contributed by atoms with Gasteiger partial charge in [0.1, 0.15) is 5.75 Å². The van der Waals surface area contributed by atoms with Crippen molar-refractivity contribution in [3.05, 3.63) is 64.7 Å². The fraction of sp³-hybridized carbons (Fsp3) is 0.0667. The molecule has 2 aromatic rings. The molecule has 0 fully saturated rings. The zero-order valence-corrected chi connectivity index (χ0v) is 11.6. The smallest absolute Gasteiger partial charge is 0.271 e. The Morgan fingerprint density at radius 1 is 1.05 bits per heavy atom. The molecule has 0 spiro atoms. The molecule has 2 rings (SSSR count). The minimum Gasteiger partial charge on any atom is -0.508 e. The van der Waals surface area contributed by atoms with Crippen molar-refractivity contribution < 1.29 is 9.90 Å². The lowest BCUT2D eigenvalue weighted by Crippen LogP contribution is -2.19. The molecule has 0 bridgehead atoms. The quantitative estimate of drug-likeness (QED) is 0.673. The molecule has 0 aromatic heterocycles. The molecule has 0 heterocycles. The van der Waals surface area contributed by atoms with Gasteiger partial charge in [-0.15, -0.1) is 0 Å². The number of hydrogen-bond acceptors (Lipinski definition) is 3. The fourth-order valence-electron chi connectivity index (χ4n) is 1.57. The number of nitrogens with zero attached hydrogens (tertiary/aromatic N) is 1. The highest BCUT2D eigenvalue weighted by Gasteiger charge is 2.04. The van der Waals surface area contributed by atoms with E-state index in [0.717, 1.165) is 5.56 Å². The Morgan fingerprint density at radius 3 is 2.20 bits per heavy atom. The van der Waals surface area contributed by atoms with Gasteiger partial charge in [-0.1, -0.05) is 11.6 Å². The fourth-order valence-corrected chi connectivity index (χ4v) is 1.69. The van der Waals surface area contributed by atoms with Crippen LogP contribution in [-0.4, -0.2) is 16.7 Å². The summed E-state index contributed by atoms with van der Waals surface area (Å²) < 4.78 is 0. The Balaban J connectivity index is 2.06. The molecule has 1 amide bonds. The summed E-state index contributed by atoms with van der Waals surface area (Å²) in [5.74, 6) is -0.119. The molecule has 0 atom stereocenters. The number of rotatable bonds is 3. The second-order valence-corrected chi connectivity index (χ2v) is 4.63. The monoisotopic (exact) mass is 288 g/mol. The van der Waals surface area contributed by atoms with E-state index in [1.807, 2.05) is 0 Å². The molecule has 2 N–H and O–H groups in total. The highest BCUT2D eigenvalue weighted by atomic mass is 35.5. The van der Waals surface area contributed by atoms with Gasteiger partial charge in [-0.05, 0) is 61.0 Å². The highest BCUT2D eigenvalue weighted by molar-refractivity contribution is 6.30. The molecule has 102 valence electrons. The molecule has 0 radical (unpaired) electrons. The number of phenols is 1. The Kier molecular flexibility index (Phi) is 4.38. The zero-order chi connectivity index (χ0) is 14.5. The van der Waals surface area contributed by atoms with E-state index in [-0.39, 0.29) is 11.7 Å². The van der Waals surface area contributed by atoms with Crippen LogP contribution >= 0.6 is 11.6 Å². The summed E-state index contributed by atoms with van der Waals surface area (Å²) in [5.41, 5.74) is 4.42. The molecule has 20 heavy (non-hydrogen) atoms. The maximum absolute atomic E-state index is 11.8. The number of hydrogen-bond donors (Lipinski definition) is 2. The molecular weight excluding hydrogens is 276 g/mol. The standard InChI is InChI=1S/C15H13ClN2O2/c1-10(11-4-8-14(19)9-5-11)17-18-15(20)12-2-6-13(16)7-3-12/h2-9,19H,1H3,(H,18,20)/b17-10+. The van der Waals surface area contributed by atoms with Crippen LogP contribution in [0, 0.1) is 0 Å². The third kappa shape index (κ3) is 3.59. The number of benzene rings is 2. The minimum absolute atomic E-state index is 0.187. The van der Waals surface area contributed by atoms with Crippen LogP contribution in [0.5, 0.6) is 5.75 Å². The molecule has 2 aromatic carbocycles. The van der Waals surface area contributed by atoms with E-state index in [4.69, 9.17) is 11.6 Å². The van der Waals surface area contributed by atoms with Crippen molar-refractivity contribution in [3.8, 4) is 5.75 Å². The molecule has 4 nitrogen and oxygen atoms in total. The predicted octanol–water partition coefficient (Wildman–Crippen LogP) is 3.20. The van der Waals surface area contributed by atoms with E-state index in [0.29, 0.717) is 16.3 Å². The van der Waals surface area contributed by atoms with Crippen molar-refractivity contribution >= 4 is 23.2 Å². The first-order chi connectivity index (χ1) is 9.56. The summed E-state index contributed by atoms with van der Waals surface area (Å²) in [4.78, 5) is 11.8. The summed E-state index contributed by atoms with van der Waals surface area (Å²) >= 11 is 5.76. The van der Waals surface area contributed by atoms with Gasteiger partial charge in [-0.25, -0.2) is 5.43 Å². The largest absolute Gasteiger partial charge is 0.508 e. The summed E-state index contributed by atoms with van der Waals surface area (Å²) in [6.45, 7) is 1.77. The molecule has 0 aliphatic carbocycles. The van der Waals surface area contributed by atoms with Gasteiger partial charge < -0.3 is 5.11 Å². The number of carbonyl (C=O) groups is 1. The normalized spacial score (nSPS) is 11.2. The lowest BCUT2D eigenvalue weighted by Gasteiger charge is -2.03. The van der Waals surface area contributed by atoms with Gasteiger partial charge in [0, 0.05) is 10.6 Å². The summed E-state index contributed by atoms with van der Waals surface area (Å²) in [7, 11) is 0. The van der Waals surface area contributed by atoms with Crippen LogP contribution < -0.4 is 5.43 Å². The Morgan fingerprint density at radius 2 is 1.60 bits per heavy atom. The van der Waals surface area contributed by atoms with Crippen molar-refractivity contribution in [2.24, 2.45) is 5.10 Å². The van der Waals surface area contributed by atoms with E-state index in [1.54, 1.807) is 55.5 Å². The number of amides is 1. The first-order valence-corrected chi connectivity index (χ1v) is 6.33. The van der Waals surface area contributed by atoms with Gasteiger partial charge in [-0.3, -0.25) is 4.79 Å². The van der Waals surface area contributed by atoms with Crippen LogP contribution in [0.1, 0.15) is 22.8 Å². The Labute approximate surface area is 121 Å². The van der Waals surface area contributed by atoms with E-state index in [9.17, 15) is 9.90 Å². The average Bonchev–Trinajstić information content (AvgIpc) is 2.46. The first-order valence-electron chi connectivity index (χ1n) is 5.96. The molecular formula is C15H13ClN2O2. The van der Waals surface area contributed by atoms with Crippen molar-refractivity contribution in [2.75, 3.05) is 0 Å². The lowest BCUT2D eigenvalue weighted by molar-refractivity contribution is 0.0955. The second kappa shape index (κ2) is 6.21. The number of halogens is 1. The maximum Gasteiger partial charge on any atom is 0.271 e. The second-order valence-electron chi connectivity index (χ2n) is 4.19. The number of carbonyl (C=O) groups excluding carboxylic acids is 1. The number of phenolic OH excluding ortho intramolecular Hbond substituents is 1. The van der Waals surface area contributed by atoms with Gasteiger partial charge in [0.2, 0.25) is 0 Å². The first kappa shape index (κ1) is 14.1. The van der Waals surface area contributed by atoms with Crippen LogP contribution in [0.3, 0.4) is 0 Å². The number of aromatic hydroxyl groups is 1. The van der Waals surface area contributed by atoms with E-state index >= 15 is 0 Å². The van der Waals surface area contributed by atoms with E-state index in [2.05, 4.69) is 10.5 Å². The van der Waals surface area contributed by atoms with Gasteiger partial charge in [-0.2, -0.15) is 5.10 Å². The van der Waals surface area contributed by atoms with Crippen molar-refractivity contribution in [1.29, 1.82) is 0 Å². The van der Waals surface area contributed by atoms with Gasteiger partial charge in [0.05, 0.1) is 5.71 Å². The van der Waals surface area contributed by atoms with Crippen LogP contribution in [0.25, 0.3) is 0 Å². The minimum atomic E-state index is -0.306. The average molecular weight is 289 g/mol. The van der Waals surface area contributed by atoms with E-state index in [1.165, 1.54) is 0 Å². The topological polar surface area (TPSA) is 61.7 Å². The van der Waals surface area contributed by atoms with Crippen LogP contribution in [0.4, 0.5) is 0 Å². The molecule has 0 unspecified atom stereocenters. The summed E-state index contributed by atoms with van der Waals surface area (Å²) in [6.07, 6.45) is 0. The molecule has 5 heteroatoms. The van der Waals surface area contributed by atoms with Crippen molar-refractivity contribution in [3.63, 3.8) is 0 Å². The van der Waals surface area contributed by atoms with Crippen LogP contribution in [-0.2, 0) is 0 Å². The third-order valence-electron chi connectivity index (χ3n) is 2.72. The predicted molar refractivity (Wildman–Crippen MR) is 79.2 cm³/mol. The number of hydrazone groups is 1. The van der Waals surface area contributed by atoms with Crippen LogP contribution in [0.2, 0.25) is 5.02 Å². The number of nitrogens with one attached hydrogen (secondary N) is 1.